The molecule has 2 amide bonds. The zero-order valence-electron chi connectivity index (χ0n) is 12.2. The first kappa shape index (κ1) is 14.3. The van der Waals surface area contributed by atoms with E-state index in [2.05, 4.69) is 10.3 Å². The molecule has 1 heterocycles. The number of amides is 2. The van der Waals surface area contributed by atoms with Crippen molar-refractivity contribution in [3.63, 3.8) is 0 Å². The Kier molecular flexibility index (Phi) is 3.93. The Bertz CT molecular complexity index is 766. The molecule has 0 spiro atoms. The smallest absolute Gasteiger partial charge is 0.327 e. The summed E-state index contributed by atoms with van der Waals surface area (Å²) in [6, 6.07) is 14.8. The van der Waals surface area contributed by atoms with E-state index in [9.17, 15) is 4.79 Å². The van der Waals surface area contributed by atoms with Gasteiger partial charge in [-0.2, -0.15) is 0 Å². The monoisotopic (exact) mass is 313 g/mol. The first-order valence-electron chi connectivity index (χ1n) is 6.72. The molecule has 112 valence electrons. The molecule has 0 aliphatic heterocycles. The second kappa shape index (κ2) is 6.03. The van der Waals surface area contributed by atoms with Crippen molar-refractivity contribution in [1.29, 1.82) is 0 Å². The van der Waals surface area contributed by atoms with Gasteiger partial charge in [-0.05, 0) is 36.4 Å². The number of benzene rings is 2. The lowest BCUT2D eigenvalue weighted by Crippen LogP contribution is -2.31. The number of fused-ring (bicyclic) bond motifs is 1. The van der Waals surface area contributed by atoms with Crippen LogP contribution in [0.25, 0.3) is 10.2 Å². The molecule has 0 aliphatic carbocycles. The maximum atomic E-state index is 12.3. The number of nitrogens with one attached hydrogen (secondary N) is 1. The Morgan fingerprint density at radius 1 is 1.18 bits per heavy atom. The summed E-state index contributed by atoms with van der Waals surface area (Å²) in [5, 5.41) is 3.41. The van der Waals surface area contributed by atoms with Crippen molar-refractivity contribution in [2.24, 2.45) is 0 Å². The van der Waals surface area contributed by atoms with Crippen LogP contribution in [0.1, 0.15) is 0 Å². The highest BCUT2D eigenvalue weighted by molar-refractivity contribution is 7.22. The van der Waals surface area contributed by atoms with E-state index in [0.29, 0.717) is 5.13 Å². The van der Waals surface area contributed by atoms with Crippen LogP contribution >= 0.6 is 11.3 Å². The summed E-state index contributed by atoms with van der Waals surface area (Å²) in [5.74, 6) is 0.753. The Balaban J connectivity index is 1.74. The fourth-order valence-electron chi connectivity index (χ4n) is 2.02. The highest BCUT2D eigenvalue weighted by atomic mass is 32.1. The van der Waals surface area contributed by atoms with Gasteiger partial charge >= 0.3 is 6.03 Å². The molecule has 1 aromatic heterocycles. The topological polar surface area (TPSA) is 54.5 Å². The number of nitrogens with zero attached hydrogens (tertiary/aromatic N) is 2. The molecule has 3 aromatic rings. The van der Waals surface area contributed by atoms with Crippen molar-refractivity contribution in [3.8, 4) is 5.75 Å². The number of hydrogen-bond acceptors (Lipinski definition) is 4. The highest BCUT2D eigenvalue weighted by Gasteiger charge is 2.13. The number of aromatic nitrogens is 1. The standard InChI is InChI=1S/C16H15N3O2S/c1-19(11-7-9-12(21-2)10-8-11)16(20)18-15-17-13-5-3-4-6-14(13)22-15/h3-10H,1-2H3,(H,17,18,20). The summed E-state index contributed by atoms with van der Waals surface area (Å²) < 4.78 is 6.16. The molecule has 0 saturated carbocycles. The van der Waals surface area contributed by atoms with E-state index in [0.717, 1.165) is 21.7 Å². The second-order valence-corrected chi connectivity index (χ2v) is 5.70. The number of thiazole rings is 1. The van der Waals surface area contributed by atoms with Crippen molar-refractivity contribution in [3.05, 3.63) is 48.5 Å². The van der Waals surface area contributed by atoms with Crippen molar-refractivity contribution in [2.75, 3.05) is 24.4 Å². The molecule has 6 heteroatoms. The van der Waals surface area contributed by atoms with Gasteiger partial charge in [-0.3, -0.25) is 10.2 Å². The third kappa shape index (κ3) is 2.87. The number of hydrogen-bond donors (Lipinski definition) is 1. The van der Waals surface area contributed by atoms with Crippen LogP contribution in [0, 0.1) is 0 Å². The molecular formula is C16H15N3O2S. The third-order valence-corrected chi connectivity index (χ3v) is 4.22. The molecule has 22 heavy (non-hydrogen) atoms. The molecule has 2 aromatic carbocycles. The maximum absolute atomic E-state index is 12.3. The summed E-state index contributed by atoms with van der Waals surface area (Å²) in [5.41, 5.74) is 1.66. The molecule has 0 radical (unpaired) electrons. The van der Waals surface area contributed by atoms with Crippen LogP contribution < -0.4 is 15.0 Å². The van der Waals surface area contributed by atoms with E-state index in [1.807, 2.05) is 48.5 Å². The van der Waals surface area contributed by atoms with Crippen LogP contribution in [-0.2, 0) is 0 Å². The molecule has 1 N–H and O–H groups in total. The number of methoxy groups -OCH3 is 1. The van der Waals surface area contributed by atoms with Gasteiger partial charge in [0.15, 0.2) is 5.13 Å². The first-order chi connectivity index (χ1) is 10.7. The van der Waals surface area contributed by atoms with Crippen LogP contribution in [0.3, 0.4) is 0 Å². The number of rotatable bonds is 3. The highest BCUT2D eigenvalue weighted by Crippen LogP contribution is 2.26. The number of anilines is 2. The number of ether oxygens (including phenoxy) is 1. The average molecular weight is 313 g/mol. The van der Waals surface area contributed by atoms with Crippen molar-refractivity contribution >= 4 is 38.4 Å². The van der Waals surface area contributed by atoms with E-state index in [-0.39, 0.29) is 6.03 Å². The predicted octanol–water partition coefficient (Wildman–Crippen LogP) is 3.97. The molecule has 0 bridgehead atoms. The van der Waals surface area contributed by atoms with Gasteiger partial charge in [0.1, 0.15) is 5.75 Å². The molecular weight excluding hydrogens is 298 g/mol. The molecule has 3 rings (SSSR count). The minimum atomic E-state index is -0.232. The van der Waals surface area contributed by atoms with Gasteiger partial charge in [0.2, 0.25) is 0 Å². The minimum absolute atomic E-state index is 0.232. The fourth-order valence-corrected chi connectivity index (χ4v) is 2.88. The van der Waals surface area contributed by atoms with Crippen LogP contribution in [0.15, 0.2) is 48.5 Å². The summed E-state index contributed by atoms with van der Waals surface area (Å²) in [6.07, 6.45) is 0. The maximum Gasteiger partial charge on any atom is 0.327 e. The Morgan fingerprint density at radius 3 is 2.59 bits per heavy atom. The lowest BCUT2D eigenvalue weighted by Gasteiger charge is -2.17. The van der Waals surface area contributed by atoms with E-state index >= 15 is 0 Å². The summed E-state index contributed by atoms with van der Waals surface area (Å²) >= 11 is 1.45. The molecule has 0 fully saturated rings. The van der Waals surface area contributed by atoms with E-state index in [1.165, 1.54) is 16.2 Å². The third-order valence-electron chi connectivity index (χ3n) is 3.27. The number of carbonyl (C=O) groups is 1. The number of para-hydroxylation sites is 1. The second-order valence-electron chi connectivity index (χ2n) is 4.67. The predicted molar refractivity (Wildman–Crippen MR) is 90.0 cm³/mol. The Labute approximate surface area is 132 Å². The van der Waals surface area contributed by atoms with E-state index in [4.69, 9.17) is 4.74 Å². The van der Waals surface area contributed by atoms with Gasteiger partial charge in [-0.1, -0.05) is 23.5 Å². The van der Waals surface area contributed by atoms with Crippen molar-refractivity contribution < 1.29 is 9.53 Å². The summed E-state index contributed by atoms with van der Waals surface area (Å²) in [6.45, 7) is 0. The Hall–Kier alpha value is -2.60. The summed E-state index contributed by atoms with van der Waals surface area (Å²) in [7, 11) is 3.32. The quantitative estimate of drug-likeness (QED) is 0.796. The largest absolute Gasteiger partial charge is 0.497 e. The number of carbonyl (C=O) groups excluding carboxylic acids is 1. The van der Waals surface area contributed by atoms with E-state index in [1.54, 1.807) is 14.2 Å². The van der Waals surface area contributed by atoms with Gasteiger partial charge in [-0.25, -0.2) is 9.78 Å². The SMILES string of the molecule is COc1ccc(N(C)C(=O)Nc2nc3ccccc3s2)cc1. The average Bonchev–Trinajstić information content (AvgIpc) is 2.96. The number of urea groups is 1. The molecule has 0 unspecified atom stereocenters. The zero-order chi connectivity index (χ0) is 15.5. The van der Waals surface area contributed by atoms with Gasteiger partial charge in [-0.15, -0.1) is 0 Å². The molecule has 0 saturated heterocycles. The molecule has 0 atom stereocenters. The van der Waals surface area contributed by atoms with E-state index < -0.39 is 0 Å². The first-order valence-corrected chi connectivity index (χ1v) is 7.53. The lowest BCUT2D eigenvalue weighted by atomic mass is 10.3. The Morgan fingerprint density at radius 2 is 1.91 bits per heavy atom. The van der Waals surface area contributed by atoms with Gasteiger partial charge < -0.3 is 4.74 Å². The normalized spacial score (nSPS) is 10.5. The van der Waals surface area contributed by atoms with Crippen LogP contribution in [-0.4, -0.2) is 25.2 Å². The lowest BCUT2D eigenvalue weighted by molar-refractivity contribution is 0.258. The van der Waals surface area contributed by atoms with Gasteiger partial charge in [0.25, 0.3) is 0 Å². The molecule has 0 aliphatic rings. The van der Waals surface area contributed by atoms with Gasteiger partial charge in [0.05, 0.1) is 17.3 Å². The van der Waals surface area contributed by atoms with Gasteiger partial charge in [0, 0.05) is 12.7 Å². The zero-order valence-corrected chi connectivity index (χ0v) is 13.1. The molecule has 5 nitrogen and oxygen atoms in total. The van der Waals surface area contributed by atoms with Crippen LogP contribution in [0.4, 0.5) is 15.6 Å². The minimum Gasteiger partial charge on any atom is -0.497 e. The summed E-state index contributed by atoms with van der Waals surface area (Å²) in [4.78, 5) is 18.2. The fraction of sp³-hybridized carbons (Fsp3) is 0.125. The van der Waals surface area contributed by atoms with Crippen LogP contribution in [0.5, 0.6) is 5.75 Å². The van der Waals surface area contributed by atoms with Crippen molar-refractivity contribution in [2.45, 2.75) is 0 Å². The van der Waals surface area contributed by atoms with Crippen molar-refractivity contribution in [1.82, 2.24) is 4.98 Å². The van der Waals surface area contributed by atoms with Crippen LogP contribution in [0.2, 0.25) is 0 Å².